The van der Waals surface area contributed by atoms with E-state index >= 15 is 0 Å². The van der Waals surface area contributed by atoms with Crippen molar-refractivity contribution in [2.24, 2.45) is 0 Å². The fourth-order valence-electron chi connectivity index (χ4n) is 0.985. The molecule has 13 heavy (non-hydrogen) atoms. The highest BCUT2D eigenvalue weighted by Gasteiger charge is 2.15. The standard InChI is InChI=1S/C9H11N2O2/c1-2-7-11(13)9-6-4-3-5-8(9)10-12/h2-7,10,12-13H,1H2/q+1/p+1/b11-7+. The highest BCUT2D eigenvalue weighted by atomic mass is 16.5. The first-order valence-electron chi connectivity index (χ1n) is 3.80. The summed E-state index contributed by atoms with van der Waals surface area (Å²) in [5.41, 5.74) is 1.99. The summed E-state index contributed by atoms with van der Waals surface area (Å²) in [6.45, 7) is 3.45. The van der Waals surface area contributed by atoms with Gasteiger partial charge in [-0.05, 0) is 6.08 Å². The van der Waals surface area contributed by atoms with Crippen molar-refractivity contribution >= 4 is 17.6 Å². The van der Waals surface area contributed by atoms with Gasteiger partial charge in [-0.2, -0.15) is 5.48 Å². The Morgan fingerprint density at radius 2 is 2.08 bits per heavy atom. The fraction of sp³-hybridized carbons (Fsp3) is 0. The molecule has 0 heterocycles. The Morgan fingerprint density at radius 3 is 2.69 bits per heavy atom. The van der Waals surface area contributed by atoms with Gasteiger partial charge < -0.3 is 0 Å². The van der Waals surface area contributed by atoms with Crippen molar-refractivity contribution in [3.05, 3.63) is 36.9 Å². The number of hydrogen-bond acceptors (Lipinski definition) is 2. The number of para-hydroxylation sites is 2. The minimum atomic E-state index is 0.505. The fourth-order valence-corrected chi connectivity index (χ4v) is 0.985. The van der Waals surface area contributed by atoms with E-state index in [0.29, 0.717) is 11.4 Å². The zero-order valence-corrected chi connectivity index (χ0v) is 7.09. The van der Waals surface area contributed by atoms with Crippen molar-refractivity contribution in [3.63, 3.8) is 0 Å². The van der Waals surface area contributed by atoms with Crippen molar-refractivity contribution in [1.82, 2.24) is 0 Å². The SMILES string of the molecule is C=C/C=[N+](/O)c1ccccc1[NH2+]O. The molecule has 0 unspecified atom stereocenters. The van der Waals surface area contributed by atoms with Gasteiger partial charge in [-0.1, -0.05) is 18.7 Å². The van der Waals surface area contributed by atoms with Gasteiger partial charge >= 0.3 is 5.69 Å². The molecule has 0 aliphatic rings. The zero-order chi connectivity index (χ0) is 9.68. The molecule has 4 heteroatoms. The Bertz CT molecular complexity index is 334. The van der Waals surface area contributed by atoms with E-state index in [1.807, 2.05) is 0 Å². The first kappa shape index (κ1) is 9.44. The van der Waals surface area contributed by atoms with Crippen LogP contribution in [0.3, 0.4) is 0 Å². The lowest BCUT2D eigenvalue weighted by Crippen LogP contribution is -2.73. The Hall–Kier alpha value is -1.65. The highest BCUT2D eigenvalue weighted by Crippen LogP contribution is 2.17. The van der Waals surface area contributed by atoms with Crippen LogP contribution in [-0.2, 0) is 0 Å². The van der Waals surface area contributed by atoms with E-state index in [0.717, 1.165) is 10.2 Å². The van der Waals surface area contributed by atoms with Gasteiger partial charge in [-0.3, -0.25) is 5.21 Å². The first-order valence-corrected chi connectivity index (χ1v) is 3.80. The number of nitrogens with zero attached hydrogens (tertiary/aromatic N) is 1. The molecule has 1 aromatic carbocycles. The third kappa shape index (κ3) is 2.14. The quantitative estimate of drug-likeness (QED) is 0.209. The van der Waals surface area contributed by atoms with Gasteiger partial charge in [0, 0.05) is 16.9 Å². The van der Waals surface area contributed by atoms with Crippen LogP contribution in [0.1, 0.15) is 0 Å². The van der Waals surface area contributed by atoms with Crippen LogP contribution in [0, 0.1) is 0 Å². The molecule has 0 amide bonds. The van der Waals surface area contributed by atoms with Crippen molar-refractivity contribution in [2.75, 3.05) is 0 Å². The van der Waals surface area contributed by atoms with Crippen LogP contribution in [0.2, 0.25) is 0 Å². The molecular weight excluding hydrogens is 168 g/mol. The smallest absolute Gasteiger partial charge is 0.284 e. The van der Waals surface area contributed by atoms with Crippen LogP contribution in [-0.4, -0.2) is 21.4 Å². The van der Waals surface area contributed by atoms with Crippen LogP contribution >= 0.6 is 0 Å². The summed E-state index contributed by atoms with van der Waals surface area (Å²) in [5, 5.41) is 18.2. The van der Waals surface area contributed by atoms with E-state index in [1.165, 1.54) is 12.3 Å². The molecule has 0 aromatic heterocycles. The molecule has 0 aliphatic heterocycles. The molecule has 0 atom stereocenters. The topological polar surface area (TPSA) is 60.1 Å². The summed E-state index contributed by atoms with van der Waals surface area (Å²) in [6, 6.07) is 6.91. The first-order chi connectivity index (χ1) is 6.29. The van der Waals surface area contributed by atoms with Crippen LogP contribution in [0.4, 0.5) is 11.4 Å². The Morgan fingerprint density at radius 1 is 1.38 bits per heavy atom. The van der Waals surface area contributed by atoms with Crippen LogP contribution in [0.25, 0.3) is 0 Å². The number of quaternary nitrogens is 1. The molecule has 4 N–H and O–H groups in total. The average molecular weight is 180 g/mol. The molecule has 0 saturated heterocycles. The molecule has 0 fully saturated rings. The predicted molar refractivity (Wildman–Crippen MR) is 47.8 cm³/mol. The van der Waals surface area contributed by atoms with E-state index in [2.05, 4.69) is 6.58 Å². The normalized spacial score (nSPS) is 11.3. The molecule has 1 rings (SSSR count). The minimum Gasteiger partial charge on any atom is -0.284 e. The Balaban J connectivity index is 3.12. The zero-order valence-electron chi connectivity index (χ0n) is 7.09. The maximum Gasteiger partial charge on any atom is 0.320 e. The third-order valence-corrected chi connectivity index (χ3v) is 1.57. The van der Waals surface area contributed by atoms with Crippen molar-refractivity contribution < 1.29 is 20.6 Å². The lowest BCUT2D eigenvalue weighted by Gasteiger charge is -1.94. The van der Waals surface area contributed by atoms with E-state index in [9.17, 15) is 5.21 Å². The second-order valence-electron chi connectivity index (χ2n) is 2.42. The molecular formula is C9H12N2O2+2. The van der Waals surface area contributed by atoms with Gasteiger partial charge in [0.2, 0.25) is 11.9 Å². The number of benzene rings is 1. The molecule has 68 valence electrons. The summed E-state index contributed by atoms with van der Waals surface area (Å²) in [6.07, 6.45) is 2.84. The number of hydrogen-bond donors (Lipinski definition) is 3. The van der Waals surface area contributed by atoms with Crippen molar-refractivity contribution in [3.8, 4) is 0 Å². The van der Waals surface area contributed by atoms with E-state index in [1.54, 1.807) is 24.3 Å². The second-order valence-corrected chi connectivity index (χ2v) is 2.42. The monoisotopic (exact) mass is 180 g/mol. The molecule has 0 saturated carbocycles. The van der Waals surface area contributed by atoms with Crippen LogP contribution in [0.5, 0.6) is 0 Å². The largest absolute Gasteiger partial charge is 0.320 e. The Kier molecular flexibility index (Phi) is 3.19. The van der Waals surface area contributed by atoms with Crippen LogP contribution < -0.4 is 5.48 Å². The van der Waals surface area contributed by atoms with Gasteiger partial charge in [0.25, 0.3) is 0 Å². The van der Waals surface area contributed by atoms with Gasteiger partial charge in [-0.25, -0.2) is 5.21 Å². The number of allylic oxidation sites excluding steroid dienone is 1. The summed E-state index contributed by atoms with van der Waals surface area (Å²) in [4.78, 5) is 0. The van der Waals surface area contributed by atoms with Gasteiger partial charge in [0.15, 0.2) is 0 Å². The summed E-state index contributed by atoms with van der Waals surface area (Å²) in [7, 11) is 0. The summed E-state index contributed by atoms with van der Waals surface area (Å²) in [5.74, 6) is 0. The molecule has 0 bridgehead atoms. The molecule has 0 spiro atoms. The van der Waals surface area contributed by atoms with Crippen molar-refractivity contribution in [2.45, 2.75) is 0 Å². The van der Waals surface area contributed by atoms with Crippen molar-refractivity contribution in [1.29, 1.82) is 0 Å². The lowest BCUT2D eigenvalue weighted by atomic mass is 10.3. The molecule has 4 nitrogen and oxygen atoms in total. The lowest BCUT2D eigenvalue weighted by molar-refractivity contribution is -0.830. The Labute approximate surface area is 76.0 Å². The van der Waals surface area contributed by atoms with E-state index < -0.39 is 0 Å². The average Bonchev–Trinajstić information content (AvgIpc) is 2.18. The van der Waals surface area contributed by atoms with E-state index in [-0.39, 0.29) is 0 Å². The van der Waals surface area contributed by atoms with Gasteiger partial charge in [0.05, 0.1) is 0 Å². The summed E-state index contributed by atoms with van der Waals surface area (Å²) < 4.78 is 0.898. The molecule has 0 aliphatic carbocycles. The number of nitrogens with two attached hydrogens (primary N) is 1. The molecule has 1 aromatic rings. The van der Waals surface area contributed by atoms with E-state index in [4.69, 9.17) is 5.21 Å². The predicted octanol–water partition coefficient (Wildman–Crippen LogP) is 0.561. The minimum absolute atomic E-state index is 0.505. The van der Waals surface area contributed by atoms with Gasteiger partial charge in [-0.15, -0.1) is 0 Å². The van der Waals surface area contributed by atoms with Crippen LogP contribution in [0.15, 0.2) is 36.9 Å². The summed E-state index contributed by atoms with van der Waals surface area (Å²) >= 11 is 0. The third-order valence-electron chi connectivity index (χ3n) is 1.57. The highest BCUT2D eigenvalue weighted by molar-refractivity contribution is 5.67. The maximum atomic E-state index is 9.41. The second kappa shape index (κ2) is 4.39. The van der Waals surface area contributed by atoms with Gasteiger partial charge in [0.1, 0.15) is 0 Å². The molecule has 0 radical (unpaired) electrons. The maximum absolute atomic E-state index is 9.41. The number of rotatable bonds is 3.